The lowest BCUT2D eigenvalue weighted by molar-refractivity contribution is -0.144. The van der Waals surface area contributed by atoms with Gasteiger partial charge in [0, 0.05) is 18.5 Å². The van der Waals surface area contributed by atoms with E-state index in [4.69, 9.17) is 4.42 Å². The van der Waals surface area contributed by atoms with Gasteiger partial charge in [-0.25, -0.2) is 4.39 Å². The number of hydrogen-bond donors (Lipinski definition) is 0. The van der Waals surface area contributed by atoms with Crippen molar-refractivity contribution in [3.05, 3.63) is 59.8 Å². The van der Waals surface area contributed by atoms with Crippen LogP contribution in [0.4, 0.5) is 4.39 Å². The number of furan rings is 1. The molecule has 1 fully saturated rings. The van der Waals surface area contributed by atoms with Gasteiger partial charge in [0.15, 0.2) is 0 Å². The molecule has 1 atom stereocenters. The van der Waals surface area contributed by atoms with E-state index in [0.717, 1.165) is 44.1 Å². The second kappa shape index (κ2) is 11.1. The van der Waals surface area contributed by atoms with Crippen LogP contribution in [-0.4, -0.2) is 34.2 Å². The van der Waals surface area contributed by atoms with E-state index in [0.29, 0.717) is 18.8 Å². The summed E-state index contributed by atoms with van der Waals surface area (Å²) in [5.74, 6) is 0.326. The zero-order valence-corrected chi connectivity index (χ0v) is 18.6. The number of hydrogen-bond acceptors (Lipinski definition) is 3. The largest absolute Gasteiger partial charge is 0.467 e. The summed E-state index contributed by atoms with van der Waals surface area (Å²) >= 11 is 0. The summed E-state index contributed by atoms with van der Waals surface area (Å²) < 4.78 is 18.8. The first-order valence-corrected chi connectivity index (χ1v) is 11.4. The normalized spacial score (nSPS) is 14.3. The molecule has 5 nitrogen and oxygen atoms in total. The SMILES string of the molecule is CCCCC(CC)C(=O)N(CC(=O)N(Cc1ccc(F)cc1)Cc1ccco1)C1CC1. The minimum absolute atomic E-state index is 0.0241. The van der Waals surface area contributed by atoms with Crippen LogP contribution in [0.3, 0.4) is 0 Å². The van der Waals surface area contributed by atoms with Crippen LogP contribution in [0, 0.1) is 11.7 Å². The van der Waals surface area contributed by atoms with Crippen molar-refractivity contribution in [3.63, 3.8) is 0 Å². The van der Waals surface area contributed by atoms with Gasteiger partial charge in [0.05, 0.1) is 12.8 Å². The second-order valence-electron chi connectivity index (χ2n) is 8.40. The monoisotopic (exact) mass is 428 g/mol. The van der Waals surface area contributed by atoms with E-state index in [1.807, 2.05) is 13.0 Å². The average molecular weight is 429 g/mol. The van der Waals surface area contributed by atoms with Crippen molar-refractivity contribution in [3.8, 4) is 0 Å². The van der Waals surface area contributed by atoms with Crippen LogP contribution in [0.5, 0.6) is 0 Å². The highest BCUT2D eigenvalue weighted by molar-refractivity contribution is 5.86. The molecule has 0 bridgehead atoms. The fraction of sp³-hybridized carbons (Fsp3) is 0.520. The van der Waals surface area contributed by atoms with E-state index >= 15 is 0 Å². The average Bonchev–Trinajstić information content (AvgIpc) is 3.48. The van der Waals surface area contributed by atoms with Crippen LogP contribution < -0.4 is 0 Å². The van der Waals surface area contributed by atoms with Crippen molar-refractivity contribution in [2.75, 3.05) is 6.54 Å². The molecule has 31 heavy (non-hydrogen) atoms. The molecular formula is C25H33FN2O3. The van der Waals surface area contributed by atoms with Crippen LogP contribution in [-0.2, 0) is 22.7 Å². The molecule has 2 amide bonds. The molecular weight excluding hydrogens is 395 g/mol. The van der Waals surface area contributed by atoms with E-state index in [-0.39, 0.29) is 36.1 Å². The summed E-state index contributed by atoms with van der Waals surface area (Å²) in [6.45, 7) is 4.89. The standard InChI is InChI=1S/C25H33FN2O3/c1-3-5-7-20(4-2)25(30)28(22-13-14-22)18-24(29)27(17-23-8-6-15-31-23)16-19-9-11-21(26)12-10-19/h6,8-12,15,20,22H,3-5,7,13-14,16-18H2,1-2H3. The highest BCUT2D eigenvalue weighted by Gasteiger charge is 2.37. The molecule has 1 unspecified atom stereocenters. The molecule has 2 aromatic rings. The van der Waals surface area contributed by atoms with Crippen molar-refractivity contribution >= 4 is 11.8 Å². The lowest BCUT2D eigenvalue weighted by Crippen LogP contribution is -2.45. The molecule has 1 aliphatic carbocycles. The number of rotatable bonds is 12. The maximum Gasteiger partial charge on any atom is 0.242 e. The van der Waals surface area contributed by atoms with Gasteiger partial charge in [0.2, 0.25) is 11.8 Å². The summed E-state index contributed by atoms with van der Waals surface area (Å²) in [6.07, 6.45) is 7.23. The Kier molecular flexibility index (Phi) is 8.27. The molecule has 1 aromatic heterocycles. The summed E-state index contributed by atoms with van der Waals surface area (Å²) in [5, 5.41) is 0. The van der Waals surface area contributed by atoms with Gasteiger partial charge in [0.25, 0.3) is 0 Å². The van der Waals surface area contributed by atoms with Crippen molar-refractivity contribution in [1.29, 1.82) is 0 Å². The van der Waals surface area contributed by atoms with Gasteiger partial charge < -0.3 is 14.2 Å². The predicted molar refractivity (Wildman–Crippen MR) is 117 cm³/mol. The number of amides is 2. The fourth-order valence-corrected chi connectivity index (χ4v) is 3.84. The number of carbonyl (C=O) groups is 2. The van der Waals surface area contributed by atoms with Gasteiger partial charge >= 0.3 is 0 Å². The Bertz CT molecular complexity index is 831. The summed E-state index contributed by atoms with van der Waals surface area (Å²) in [6, 6.07) is 9.93. The van der Waals surface area contributed by atoms with Gasteiger partial charge in [-0.2, -0.15) is 0 Å². The molecule has 1 aliphatic rings. The Labute approximate surface area is 184 Å². The number of nitrogens with zero attached hydrogens (tertiary/aromatic N) is 2. The van der Waals surface area contributed by atoms with Crippen molar-refractivity contribution < 1.29 is 18.4 Å². The topological polar surface area (TPSA) is 53.8 Å². The van der Waals surface area contributed by atoms with E-state index < -0.39 is 0 Å². The number of unbranched alkanes of at least 4 members (excludes halogenated alkanes) is 1. The van der Waals surface area contributed by atoms with Gasteiger partial charge in [0.1, 0.15) is 18.1 Å². The van der Waals surface area contributed by atoms with E-state index in [9.17, 15) is 14.0 Å². The first-order valence-electron chi connectivity index (χ1n) is 11.4. The van der Waals surface area contributed by atoms with Crippen LogP contribution >= 0.6 is 0 Å². The van der Waals surface area contributed by atoms with Crippen molar-refractivity contribution in [2.24, 2.45) is 5.92 Å². The molecule has 1 saturated carbocycles. The Morgan fingerprint density at radius 2 is 1.87 bits per heavy atom. The third-order valence-electron chi connectivity index (χ3n) is 5.89. The lowest BCUT2D eigenvalue weighted by atomic mass is 9.97. The highest BCUT2D eigenvalue weighted by Crippen LogP contribution is 2.30. The third kappa shape index (κ3) is 6.68. The predicted octanol–water partition coefficient (Wildman–Crippen LogP) is 5.15. The third-order valence-corrected chi connectivity index (χ3v) is 5.89. The molecule has 1 aromatic carbocycles. The van der Waals surface area contributed by atoms with E-state index in [1.54, 1.807) is 34.3 Å². The number of benzene rings is 1. The van der Waals surface area contributed by atoms with Gasteiger partial charge in [-0.15, -0.1) is 0 Å². The van der Waals surface area contributed by atoms with Gasteiger partial charge in [-0.3, -0.25) is 9.59 Å². The van der Waals surface area contributed by atoms with Crippen LogP contribution in [0.25, 0.3) is 0 Å². The minimum Gasteiger partial charge on any atom is -0.467 e. The zero-order valence-electron chi connectivity index (χ0n) is 18.6. The molecule has 0 radical (unpaired) electrons. The lowest BCUT2D eigenvalue weighted by Gasteiger charge is -2.30. The molecule has 6 heteroatoms. The quantitative estimate of drug-likeness (QED) is 0.469. The summed E-state index contributed by atoms with van der Waals surface area (Å²) in [7, 11) is 0. The molecule has 0 N–H and O–H groups in total. The number of carbonyl (C=O) groups excluding carboxylic acids is 2. The van der Waals surface area contributed by atoms with E-state index in [1.165, 1.54) is 12.1 Å². The van der Waals surface area contributed by atoms with Crippen LogP contribution in [0.2, 0.25) is 0 Å². The molecule has 1 heterocycles. The van der Waals surface area contributed by atoms with Crippen molar-refractivity contribution in [2.45, 2.75) is 71.5 Å². The first-order chi connectivity index (χ1) is 15.0. The first kappa shape index (κ1) is 23.0. The Balaban J connectivity index is 1.73. The summed E-state index contributed by atoms with van der Waals surface area (Å²) in [5.41, 5.74) is 0.833. The maximum atomic E-state index is 13.3. The molecule has 0 aliphatic heterocycles. The fourth-order valence-electron chi connectivity index (χ4n) is 3.84. The number of halogens is 1. The Morgan fingerprint density at radius 3 is 2.45 bits per heavy atom. The smallest absolute Gasteiger partial charge is 0.242 e. The molecule has 168 valence electrons. The second-order valence-corrected chi connectivity index (χ2v) is 8.40. The zero-order chi connectivity index (χ0) is 22.2. The van der Waals surface area contributed by atoms with E-state index in [2.05, 4.69) is 6.92 Å². The van der Waals surface area contributed by atoms with Gasteiger partial charge in [-0.05, 0) is 55.5 Å². The molecule has 0 spiro atoms. The minimum atomic E-state index is -0.309. The maximum absolute atomic E-state index is 13.3. The highest BCUT2D eigenvalue weighted by atomic mass is 19.1. The van der Waals surface area contributed by atoms with Gasteiger partial charge in [-0.1, -0.05) is 38.8 Å². The Hall–Kier alpha value is -2.63. The molecule has 3 rings (SSSR count). The Morgan fingerprint density at radius 1 is 1.13 bits per heavy atom. The van der Waals surface area contributed by atoms with Crippen molar-refractivity contribution in [1.82, 2.24) is 9.80 Å². The summed E-state index contributed by atoms with van der Waals surface area (Å²) in [4.78, 5) is 30.0. The van der Waals surface area contributed by atoms with Crippen LogP contribution in [0.15, 0.2) is 47.1 Å². The molecule has 0 saturated heterocycles. The van der Waals surface area contributed by atoms with Crippen LogP contribution in [0.1, 0.15) is 63.7 Å².